The number of hydrogen-bond acceptors (Lipinski definition) is 3. The minimum absolute atomic E-state index is 0.181. The minimum atomic E-state index is -0.181. The van der Waals surface area contributed by atoms with E-state index < -0.39 is 0 Å². The third-order valence-corrected chi connectivity index (χ3v) is 5.31. The summed E-state index contributed by atoms with van der Waals surface area (Å²) in [5.74, 6) is 0.907. The van der Waals surface area contributed by atoms with Gasteiger partial charge < -0.3 is 9.88 Å². The summed E-state index contributed by atoms with van der Waals surface area (Å²) in [5, 5.41) is 0.949. The first-order valence-corrected chi connectivity index (χ1v) is 8.45. The molecule has 2 aromatic heterocycles. The molecule has 122 valence electrons. The first kappa shape index (κ1) is 14.0. The second kappa shape index (κ2) is 5.31. The van der Waals surface area contributed by atoms with Crippen molar-refractivity contribution in [3.05, 3.63) is 60.2 Å². The van der Waals surface area contributed by atoms with Crippen molar-refractivity contribution in [2.75, 3.05) is 18.0 Å². The van der Waals surface area contributed by atoms with Gasteiger partial charge in [-0.3, -0.25) is 4.90 Å². The Hall–Kier alpha value is -2.40. The zero-order chi connectivity index (χ0) is 16.1. The summed E-state index contributed by atoms with van der Waals surface area (Å²) in [6, 6.07) is 14.2. The van der Waals surface area contributed by atoms with Crippen molar-refractivity contribution in [3.63, 3.8) is 0 Å². The number of nitrogens with one attached hydrogen (secondary N) is 1. The second-order valence-corrected chi connectivity index (χ2v) is 6.84. The molecule has 0 radical (unpaired) electrons. The predicted molar refractivity (Wildman–Crippen MR) is 92.4 cm³/mol. The van der Waals surface area contributed by atoms with E-state index in [1.165, 1.54) is 12.5 Å². The molecule has 4 heterocycles. The summed E-state index contributed by atoms with van der Waals surface area (Å²) in [6.07, 6.45) is 3.06. The van der Waals surface area contributed by atoms with Crippen molar-refractivity contribution >= 4 is 16.7 Å². The fraction of sp³-hybridized carbons (Fsp3) is 0.316. The molecule has 2 bridgehead atoms. The molecule has 3 aromatic rings. The van der Waals surface area contributed by atoms with Crippen molar-refractivity contribution in [2.24, 2.45) is 0 Å². The Labute approximate surface area is 139 Å². The van der Waals surface area contributed by atoms with Crippen LogP contribution in [0.3, 0.4) is 0 Å². The Morgan fingerprint density at radius 3 is 2.88 bits per heavy atom. The van der Waals surface area contributed by atoms with E-state index in [0.29, 0.717) is 12.1 Å². The molecular formula is C19H19FN4. The molecule has 0 aliphatic carbocycles. The summed E-state index contributed by atoms with van der Waals surface area (Å²) in [4.78, 5) is 12.9. The Morgan fingerprint density at radius 2 is 2.08 bits per heavy atom. The number of nitrogens with zero attached hydrogens (tertiary/aromatic N) is 3. The van der Waals surface area contributed by atoms with Crippen molar-refractivity contribution in [1.82, 2.24) is 14.9 Å². The number of pyridine rings is 1. The third kappa shape index (κ3) is 2.27. The molecule has 0 saturated carbocycles. The highest BCUT2D eigenvalue weighted by atomic mass is 19.1. The van der Waals surface area contributed by atoms with Gasteiger partial charge >= 0.3 is 0 Å². The van der Waals surface area contributed by atoms with E-state index in [2.05, 4.69) is 38.0 Å². The first-order valence-electron chi connectivity index (χ1n) is 8.45. The van der Waals surface area contributed by atoms with E-state index in [1.54, 1.807) is 6.07 Å². The highest BCUT2D eigenvalue weighted by molar-refractivity contribution is 5.80. The maximum absolute atomic E-state index is 13.3. The molecule has 24 heavy (non-hydrogen) atoms. The number of H-pyrrole nitrogens is 1. The molecule has 4 nitrogen and oxygen atoms in total. The summed E-state index contributed by atoms with van der Waals surface area (Å²) < 4.78 is 13.3. The van der Waals surface area contributed by atoms with E-state index >= 15 is 0 Å². The summed E-state index contributed by atoms with van der Waals surface area (Å²) in [5.41, 5.74) is 2.17. The third-order valence-electron chi connectivity index (χ3n) is 5.31. The normalized spacial score (nSPS) is 23.5. The van der Waals surface area contributed by atoms with Gasteiger partial charge in [-0.25, -0.2) is 9.37 Å². The average Bonchev–Trinajstić information content (AvgIpc) is 3.28. The van der Waals surface area contributed by atoms with Crippen LogP contribution < -0.4 is 4.90 Å². The molecule has 2 aliphatic heterocycles. The number of aromatic nitrogens is 2. The molecule has 2 atom stereocenters. The molecule has 2 fully saturated rings. The average molecular weight is 322 g/mol. The molecule has 0 amide bonds. The lowest BCUT2D eigenvalue weighted by Crippen LogP contribution is -2.46. The number of anilines is 1. The van der Waals surface area contributed by atoms with Crippen LogP contribution in [0.15, 0.2) is 48.7 Å². The van der Waals surface area contributed by atoms with Gasteiger partial charge in [-0.05, 0) is 42.8 Å². The number of piperazine rings is 1. The van der Waals surface area contributed by atoms with Crippen LogP contribution in [0, 0.1) is 5.82 Å². The van der Waals surface area contributed by atoms with Crippen molar-refractivity contribution < 1.29 is 4.39 Å². The van der Waals surface area contributed by atoms with Crippen molar-refractivity contribution in [3.8, 4) is 0 Å². The molecule has 1 aromatic carbocycles. The lowest BCUT2D eigenvalue weighted by Gasteiger charge is -2.34. The number of likely N-dealkylation sites (tertiary alicyclic amines) is 1. The van der Waals surface area contributed by atoms with Crippen LogP contribution in [0.2, 0.25) is 0 Å². The summed E-state index contributed by atoms with van der Waals surface area (Å²) >= 11 is 0. The molecule has 2 aliphatic rings. The van der Waals surface area contributed by atoms with Crippen LogP contribution in [-0.4, -0.2) is 40.0 Å². The predicted octanol–water partition coefficient (Wildman–Crippen LogP) is 3.17. The molecule has 2 saturated heterocycles. The van der Waals surface area contributed by atoms with E-state index in [1.807, 2.05) is 18.3 Å². The van der Waals surface area contributed by atoms with Crippen LogP contribution in [0.1, 0.15) is 12.1 Å². The fourth-order valence-electron chi connectivity index (χ4n) is 4.21. The van der Waals surface area contributed by atoms with Gasteiger partial charge in [-0.15, -0.1) is 0 Å². The van der Waals surface area contributed by atoms with Crippen molar-refractivity contribution in [2.45, 2.75) is 25.0 Å². The lowest BCUT2D eigenvalue weighted by molar-refractivity contribution is 0.228. The van der Waals surface area contributed by atoms with Crippen LogP contribution in [0.25, 0.3) is 10.9 Å². The van der Waals surface area contributed by atoms with Gasteiger partial charge in [0.25, 0.3) is 0 Å². The molecule has 0 spiro atoms. The van der Waals surface area contributed by atoms with Gasteiger partial charge in [0.05, 0.1) is 0 Å². The van der Waals surface area contributed by atoms with Crippen LogP contribution >= 0.6 is 0 Å². The second-order valence-electron chi connectivity index (χ2n) is 6.84. The van der Waals surface area contributed by atoms with E-state index in [9.17, 15) is 4.39 Å². The molecule has 5 heteroatoms. The number of fused-ring (bicyclic) bond motifs is 3. The zero-order valence-electron chi connectivity index (χ0n) is 13.3. The van der Waals surface area contributed by atoms with Gasteiger partial charge in [-0.2, -0.15) is 0 Å². The van der Waals surface area contributed by atoms with E-state index in [-0.39, 0.29) is 5.82 Å². The largest absolute Gasteiger partial charge is 0.357 e. The molecule has 1 N–H and O–H groups in total. The minimum Gasteiger partial charge on any atom is -0.357 e. The number of hydrogen-bond donors (Lipinski definition) is 1. The van der Waals surface area contributed by atoms with Crippen LogP contribution in [0.5, 0.6) is 0 Å². The van der Waals surface area contributed by atoms with Gasteiger partial charge in [0.1, 0.15) is 11.6 Å². The number of benzene rings is 1. The lowest BCUT2D eigenvalue weighted by atomic mass is 10.2. The SMILES string of the molecule is Fc1ccc2[nH]c(CN3C[C@@H]4C[C@@H]3CN4c3ccccn3)cc2c1. The first-order chi connectivity index (χ1) is 11.8. The smallest absolute Gasteiger partial charge is 0.128 e. The Kier molecular flexibility index (Phi) is 3.10. The number of halogens is 1. The zero-order valence-corrected chi connectivity index (χ0v) is 13.3. The number of aromatic amines is 1. The van der Waals surface area contributed by atoms with E-state index in [4.69, 9.17) is 0 Å². The monoisotopic (exact) mass is 322 g/mol. The Bertz CT molecular complexity index is 875. The summed E-state index contributed by atoms with van der Waals surface area (Å²) in [7, 11) is 0. The van der Waals surface area contributed by atoms with E-state index in [0.717, 1.165) is 42.0 Å². The fourth-order valence-corrected chi connectivity index (χ4v) is 4.21. The van der Waals surface area contributed by atoms with Crippen molar-refractivity contribution in [1.29, 1.82) is 0 Å². The maximum Gasteiger partial charge on any atom is 0.128 e. The maximum atomic E-state index is 13.3. The standard InChI is InChI=1S/C19H19FN4/c20-14-4-5-18-13(7-14)8-15(22-18)10-23-11-17-9-16(23)12-24(17)19-3-1-2-6-21-19/h1-8,16-17,22H,9-12H2/t16-,17+/m1/s1. The Morgan fingerprint density at radius 1 is 1.12 bits per heavy atom. The summed E-state index contributed by atoms with van der Waals surface area (Å²) in [6.45, 7) is 3.00. The topological polar surface area (TPSA) is 35.2 Å². The van der Waals surface area contributed by atoms with Gasteiger partial charge in [0.15, 0.2) is 0 Å². The van der Waals surface area contributed by atoms with Crippen LogP contribution in [0.4, 0.5) is 10.2 Å². The van der Waals surface area contributed by atoms with Gasteiger partial charge in [-0.1, -0.05) is 6.07 Å². The Balaban J connectivity index is 1.32. The van der Waals surface area contributed by atoms with Crippen LogP contribution in [-0.2, 0) is 6.54 Å². The molecule has 0 unspecified atom stereocenters. The van der Waals surface area contributed by atoms with Gasteiger partial charge in [0, 0.05) is 54.5 Å². The highest BCUT2D eigenvalue weighted by Crippen LogP contribution is 2.34. The molecular weight excluding hydrogens is 303 g/mol. The molecule has 5 rings (SSSR count). The number of rotatable bonds is 3. The highest BCUT2D eigenvalue weighted by Gasteiger charge is 2.43. The quantitative estimate of drug-likeness (QED) is 0.804. The van der Waals surface area contributed by atoms with Gasteiger partial charge in [0.2, 0.25) is 0 Å².